The van der Waals surface area contributed by atoms with Crippen LogP contribution in [-0.4, -0.2) is 40.6 Å². The van der Waals surface area contributed by atoms with E-state index in [4.69, 9.17) is 4.52 Å². The van der Waals surface area contributed by atoms with Crippen LogP contribution in [0.5, 0.6) is 0 Å². The van der Waals surface area contributed by atoms with Gasteiger partial charge in [0.1, 0.15) is 0 Å². The molecule has 3 rings (SSSR count). The normalized spacial score (nSPS) is 23.2. The van der Waals surface area contributed by atoms with Crippen LogP contribution in [0.2, 0.25) is 0 Å². The van der Waals surface area contributed by atoms with Crippen molar-refractivity contribution in [2.24, 2.45) is 11.8 Å². The number of hydrogen-bond donors (Lipinski definition) is 1. The van der Waals surface area contributed by atoms with Crippen LogP contribution < -0.4 is 5.32 Å². The summed E-state index contributed by atoms with van der Waals surface area (Å²) in [6.07, 6.45) is 5.37. The largest absolute Gasteiger partial charge is 0.356 e. The summed E-state index contributed by atoms with van der Waals surface area (Å²) in [4.78, 5) is 18.8. The van der Waals surface area contributed by atoms with Crippen molar-refractivity contribution in [2.45, 2.75) is 45.6 Å². The van der Waals surface area contributed by atoms with Gasteiger partial charge in [-0.15, -0.1) is 0 Å². The van der Waals surface area contributed by atoms with Crippen molar-refractivity contribution < 1.29 is 9.32 Å². The molecule has 1 N–H and O–H groups in total. The molecule has 0 radical (unpaired) electrons. The highest BCUT2D eigenvalue weighted by Crippen LogP contribution is 2.28. The van der Waals surface area contributed by atoms with E-state index in [0.717, 1.165) is 50.6 Å². The molecule has 1 amide bonds. The zero-order valence-electron chi connectivity index (χ0n) is 12.7. The maximum absolute atomic E-state index is 12.2. The quantitative estimate of drug-likeness (QED) is 0.857. The van der Waals surface area contributed by atoms with E-state index in [0.29, 0.717) is 12.4 Å². The molecule has 21 heavy (non-hydrogen) atoms. The minimum Gasteiger partial charge on any atom is -0.356 e. The fourth-order valence-electron chi connectivity index (χ4n) is 2.81. The number of likely N-dealkylation sites (tertiary alicyclic amines) is 1. The van der Waals surface area contributed by atoms with Crippen LogP contribution in [0.1, 0.15) is 44.3 Å². The lowest BCUT2D eigenvalue weighted by molar-refractivity contribution is -0.126. The van der Waals surface area contributed by atoms with E-state index < -0.39 is 0 Å². The van der Waals surface area contributed by atoms with Crippen LogP contribution in [0.3, 0.4) is 0 Å². The Morgan fingerprint density at radius 1 is 1.43 bits per heavy atom. The molecule has 0 bridgehead atoms. The lowest BCUT2D eigenvalue weighted by Crippen LogP contribution is -2.43. The summed E-state index contributed by atoms with van der Waals surface area (Å²) in [5.41, 5.74) is 0. The van der Waals surface area contributed by atoms with Crippen LogP contribution in [-0.2, 0) is 17.8 Å². The molecule has 1 aromatic heterocycles. The Labute approximate surface area is 125 Å². The predicted molar refractivity (Wildman–Crippen MR) is 77.4 cm³/mol. The highest BCUT2D eigenvalue weighted by molar-refractivity contribution is 5.79. The summed E-state index contributed by atoms with van der Waals surface area (Å²) in [6.45, 7) is 5.31. The van der Waals surface area contributed by atoms with Crippen molar-refractivity contribution in [1.82, 2.24) is 20.4 Å². The summed E-state index contributed by atoms with van der Waals surface area (Å²) in [5.74, 6) is 2.46. The molecule has 1 aliphatic heterocycles. The number of amides is 1. The number of hydrogen-bond acceptors (Lipinski definition) is 5. The number of piperidine rings is 1. The second-order valence-corrected chi connectivity index (χ2v) is 6.22. The molecule has 2 fully saturated rings. The highest BCUT2D eigenvalue weighted by Gasteiger charge is 2.28. The maximum atomic E-state index is 12.2. The molecule has 6 nitrogen and oxygen atoms in total. The number of aryl methyl sites for hydroxylation is 1. The second kappa shape index (κ2) is 6.56. The predicted octanol–water partition coefficient (Wildman–Crippen LogP) is 1.37. The molecule has 116 valence electrons. The van der Waals surface area contributed by atoms with Crippen molar-refractivity contribution in [1.29, 1.82) is 0 Å². The van der Waals surface area contributed by atoms with Gasteiger partial charge in [-0.1, -0.05) is 12.1 Å². The van der Waals surface area contributed by atoms with Crippen LogP contribution >= 0.6 is 0 Å². The molecule has 0 aromatic carbocycles. The molecule has 1 saturated carbocycles. The fourth-order valence-corrected chi connectivity index (χ4v) is 2.81. The molecular formula is C15H24N4O2. The summed E-state index contributed by atoms with van der Waals surface area (Å²) < 4.78 is 5.24. The summed E-state index contributed by atoms with van der Waals surface area (Å²) in [7, 11) is 0. The van der Waals surface area contributed by atoms with Crippen LogP contribution in [0.15, 0.2) is 4.52 Å². The molecule has 2 heterocycles. The first-order valence-corrected chi connectivity index (χ1v) is 8.06. The number of aromatic nitrogens is 2. The third-order valence-electron chi connectivity index (χ3n) is 4.32. The van der Waals surface area contributed by atoms with Gasteiger partial charge in [0.2, 0.25) is 11.8 Å². The summed E-state index contributed by atoms with van der Waals surface area (Å²) >= 11 is 0. The first-order valence-electron chi connectivity index (χ1n) is 8.06. The van der Waals surface area contributed by atoms with Gasteiger partial charge in [0.25, 0.3) is 0 Å². The number of rotatable bonds is 6. The van der Waals surface area contributed by atoms with E-state index in [1.54, 1.807) is 0 Å². The number of nitrogens with one attached hydrogen (secondary N) is 1. The molecule has 1 unspecified atom stereocenters. The van der Waals surface area contributed by atoms with Crippen LogP contribution in [0.4, 0.5) is 0 Å². The average Bonchev–Trinajstić information content (AvgIpc) is 3.23. The minimum atomic E-state index is 0.103. The number of carbonyl (C=O) groups is 1. The zero-order valence-corrected chi connectivity index (χ0v) is 12.7. The first-order chi connectivity index (χ1) is 10.2. The summed E-state index contributed by atoms with van der Waals surface area (Å²) in [6, 6.07) is 0. The highest BCUT2D eigenvalue weighted by atomic mass is 16.5. The maximum Gasteiger partial charge on any atom is 0.240 e. The Bertz CT molecular complexity index is 484. The Balaban J connectivity index is 1.48. The van der Waals surface area contributed by atoms with Crippen LogP contribution in [0.25, 0.3) is 0 Å². The molecule has 1 aliphatic carbocycles. The first kappa shape index (κ1) is 14.5. The Hall–Kier alpha value is -1.43. The van der Waals surface area contributed by atoms with Crippen molar-refractivity contribution in [3.63, 3.8) is 0 Å². The minimum absolute atomic E-state index is 0.103. The van der Waals surface area contributed by atoms with E-state index in [2.05, 4.69) is 20.4 Å². The fraction of sp³-hybridized carbons (Fsp3) is 0.800. The van der Waals surface area contributed by atoms with Gasteiger partial charge in [-0.05, 0) is 38.1 Å². The standard InChI is InChI=1S/C15H24N4O2/c1-2-13-17-14(21-18-13)10-19-7-3-4-12(9-19)15(20)16-8-11-5-6-11/h11-12H,2-10H2,1H3,(H,16,20). The van der Waals surface area contributed by atoms with E-state index >= 15 is 0 Å². The molecular weight excluding hydrogens is 268 g/mol. The number of nitrogens with zero attached hydrogens (tertiary/aromatic N) is 3. The van der Waals surface area contributed by atoms with Crippen molar-refractivity contribution >= 4 is 5.91 Å². The van der Waals surface area contributed by atoms with E-state index in [1.807, 2.05) is 6.92 Å². The molecule has 2 aliphatic rings. The zero-order chi connectivity index (χ0) is 14.7. The molecule has 0 spiro atoms. The van der Waals surface area contributed by atoms with Crippen molar-refractivity contribution in [3.05, 3.63) is 11.7 Å². The van der Waals surface area contributed by atoms with E-state index in [-0.39, 0.29) is 11.8 Å². The van der Waals surface area contributed by atoms with Gasteiger partial charge in [0.15, 0.2) is 5.82 Å². The average molecular weight is 292 g/mol. The van der Waals surface area contributed by atoms with Crippen molar-refractivity contribution in [2.75, 3.05) is 19.6 Å². The van der Waals surface area contributed by atoms with Gasteiger partial charge in [0.05, 0.1) is 12.5 Å². The molecule has 1 aromatic rings. The van der Waals surface area contributed by atoms with Gasteiger partial charge >= 0.3 is 0 Å². The SMILES string of the molecule is CCc1noc(CN2CCCC(C(=O)NCC3CC3)C2)n1. The molecule has 1 atom stereocenters. The second-order valence-electron chi connectivity index (χ2n) is 6.22. The third kappa shape index (κ3) is 4.03. The van der Waals surface area contributed by atoms with Crippen molar-refractivity contribution in [3.8, 4) is 0 Å². The smallest absolute Gasteiger partial charge is 0.240 e. The Morgan fingerprint density at radius 3 is 3.00 bits per heavy atom. The Kier molecular flexibility index (Phi) is 4.53. The lowest BCUT2D eigenvalue weighted by Gasteiger charge is -2.30. The van der Waals surface area contributed by atoms with Gasteiger partial charge in [-0.25, -0.2) is 0 Å². The van der Waals surface area contributed by atoms with Gasteiger partial charge < -0.3 is 9.84 Å². The van der Waals surface area contributed by atoms with Crippen LogP contribution in [0, 0.1) is 11.8 Å². The van der Waals surface area contributed by atoms with E-state index in [9.17, 15) is 4.79 Å². The third-order valence-corrected chi connectivity index (χ3v) is 4.32. The van der Waals surface area contributed by atoms with E-state index in [1.165, 1.54) is 12.8 Å². The molecule has 1 saturated heterocycles. The van der Waals surface area contributed by atoms with Gasteiger partial charge in [-0.2, -0.15) is 4.98 Å². The number of carbonyl (C=O) groups excluding carboxylic acids is 1. The molecule has 6 heteroatoms. The van der Waals surface area contributed by atoms with Gasteiger partial charge in [0, 0.05) is 19.5 Å². The van der Waals surface area contributed by atoms with Gasteiger partial charge in [-0.3, -0.25) is 9.69 Å². The Morgan fingerprint density at radius 2 is 2.29 bits per heavy atom. The topological polar surface area (TPSA) is 71.3 Å². The monoisotopic (exact) mass is 292 g/mol. The lowest BCUT2D eigenvalue weighted by atomic mass is 9.97. The summed E-state index contributed by atoms with van der Waals surface area (Å²) in [5, 5.41) is 7.01.